The average molecular weight is 276 g/mol. The van der Waals surface area contributed by atoms with Crippen molar-refractivity contribution in [2.45, 2.75) is 0 Å². The zero-order valence-electron chi connectivity index (χ0n) is 11.1. The Hall–Kier alpha value is -3.01. The molecule has 3 aromatic rings. The van der Waals surface area contributed by atoms with Crippen molar-refractivity contribution in [2.24, 2.45) is 0 Å². The SMILES string of the molecule is C(=Cc1nc2ccccc2o1)C=C1Nc2ccccc2O1. The lowest BCUT2D eigenvalue weighted by Crippen LogP contribution is -1.95. The minimum atomic E-state index is 0.573. The number of aromatic nitrogens is 1. The molecule has 4 heteroatoms. The normalized spacial score (nSPS) is 15.3. The molecule has 0 bridgehead atoms. The third-order valence-electron chi connectivity index (χ3n) is 3.16. The van der Waals surface area contributed by atoms with Gasteiger partial charge in [0.15, 0.2) is 17.2 Å². The Morgan fingerprint density at radius 3 is 2.76 bits per heavy atom. The summed E-state index contributed by atoms with van der Waals surface area (Å²) in [5, 5.41) is 3.18. The molecule has 0 spiro atoms. The summed E-state index contributed by atoms with van der Waals surface area (Å²) in [5.41, 5.74) is 2.61. The van der Waals surface area contributed by atoms with Gasteiger partial charge in [-0.05, 0) is 30.3 Å². The van der Waals surface area contributed by atoms with Crippen LogP contribution in [0.3, 0.4) is 0 Å². The Balaban J connectivity index is 1.53. The van der Waals surface area contributed by atoms with Gasteiger partial charge < -0.3 is 14.5 Å². The Labute approximate surface area is 121 Å². The summed E-state index contributed by atoms with van der Waals surface area (Å²) < 4.78 is 11.3. The van der Waals surface area contributed by atoms with Crippen molar-refractivity contribution in [3.8, 4) is 5.75 Å². The molecule has 102 valence electrons. The van der Waals surface area contributed by atoms with E-state index in [9.17, 15) is 0 Å². The van der Waals surface area contributed by atoms with E-state index < -0.39 is 0 Å². The second-order valence-corrected chi connectivity index (χ2v) is 4.63. The minimum absolute atomic E-state index is 0.573. The number of hydrogen-bond donors (Lipinski definition) is 1. The van der Waals surface area contributed by atoms with E-state index in [1.165, 1.54) is 0 Å². The smallest absolute Gasteiger partial charge is 0.219 e. The lowest BCUT2D eigenvalue weighted by atomic mass is 10.3. The molecule has 0 aliphatic carbocycles. The number of benzene rings is 2. The van der Waals surface area contributed by atoms with Gasteiger partial charge in [-0.2, -0.15) is 0 Å². The lowest BCUT2D eigenvalue weighted by Gasteiger charge is -1.94. The standard InChI is InChI=1S/C17H12N2O2/c1-3-8-14-12(6-1)18-16(20-14)10-5-11-17-19-13-7-2-4-9-15(13)21-17/h1-11,18H. The third-order valence-corrected chi connectivity index (χ3v) is 3.16. The van der Waals surface area contributed by atoms with Crippen LogP contribution in [0.5, 0.6) is 5.75 Å². The van der Waals surface area contributed by atoms with Crippen LogP contribution in [0.15, 0.2) is 71.0 Å². The molecule has 21 heavy (non-hydrogen) atoms. The van der Waals surface area contributed by atoms with E-state index >= 15 is 0 Å². The second-order valence-electron chi connectivity index (χ2n) is 4.63. The van der Waals surface area contributed by atoms with Crippen LogP contribution in [0.4, 0.5) is 5.69 Å². The molecule has 0 amide bonds. The van der Waals surface area contributed by atoms with Gasteiger partial charge in [0.05, 0.1) is 5.69 Å². The quantitative estimate of drug-likeness (QED) is 0.762. The lowest BCUT2D eigenvalue weighted by molar-refractivity contribution is 0.457. The van der Waals surface area contributed by atoms with Gasteiger partial charge >= 0.3 is 0 Å². The average Bonchev–Trinajstić information content (AvgIpc) is 3.09. The molecule has 4 rings (SSSR count). The first-order chi connectivity index (χ1) is 10.4. The number of nitrogens with zero attached hydrogens (tertiary/aromatic N) is 1. The number of oxazole rings is 1. The van der Waals surface area contributed by atoms with Gasteiger partial charge in [-0.15, -0.1) is 0 Å². The third kappa shape index (κ3) is 2.27. The number of nitrogens with one attached hydrogen (secondary N) is 1. The van der Waals surface area contributed by atoms with Crippen LogP contribution >= 0.6 is 0 Å². The first kappa shape index (κ1) is 11.8. The topological polar surface area (TPSA) is 47.3 Å². The predicted molar refractivity (Wildman–Crippen MR) is 81.8 cm³/mol. The molecule has 0 unspecified atom stereocenters. The summed E-state index contributed by atoms with van der Waals surface area (Å²) in [6.07, 6.45) is 5.49. The molecule has 0 saturated heterocycles. The molecule has 0 atom stereocenters. The first-order valence-electron chi connectivity index (χ1n) is 6.66. The summed E-state index contributed by atoms with van der Waals surface area (Å²) >= 11 is 0. The Bertz CT molecular complexity index is 802. The molecule has 2 heterocycles. The number of anilines is 1. The maximum Gasteiger partial charge on any atom is 0.219 e. The number of para-hydroxylation sites is 4. The summed E-state index contributed by atoms with van der Waals surface area (Å²) in [7, 11) is 0. The predicted octanol–water partition coefficient (Wildman–Crippen LogP) is 4.19. The van der Waals surface area contributed by atoms with Gasteiger partial charge in [-0.25, -0.2) is 4.98 Å². The van der Waals surface area contributed by atoms with E-state index in [0.717, 1.165) is 22.5 Å². The molecule has 0 radical (unpaired) electrons. The highest BCUT2D eigenvalue weighted by atomic mass is 16.5. The van der Waals surface area contributed by atoms with Crippen molar-refractivity contribution >= 4 is 22.9 Å². The van der Waals surface area contributed by atoms with E-state index in [-0.39, 0.29) is 0 Å². The molecule has 0 saturated carbocycles. The molecule has 1 aromatic heterocycles. The van der Waals surface area contributed by atoms with Gasteiger partial charge in [0.25, 0.3) is 0 Å². The van der Waals surface area contributed by atoms with Gasteiger partial charge in [-0.3, -0.25) is 0 Å². The molecule has 1 N–H and O–H groups in total. The van der Waals surface area contributed by atoms with Crippen LogP contribution in [-0.4, -0.2) is 4.98 Å². The number of ether oxygens (including phenoxy) is 1. The van der Waals surface area contributed by atoms with E-state index in [2.05, 4.69) is 10.3 Å². The van der Waals surface area contributed by atoms with Crippen molar-refractivity contribution < 1.29 is 9.15 Å². The maximum atomic E-state index is 5.65. The highest BCUT2D eigenvalue weighted by molar-refractivity contribution is 5.73. The molecule has 1 aliphatic heterocycles. The number of fused-ring (bicyclic) bond motifs is 2. The summed E-state index contributed by atoms with van der Waals surface area (Å²) in [6.45, 7) is 0. The fourth-order valence-electron chi connectivity index (χ4n) is 2.19. The van der Waals surface area contributed by atoms with Gasteiger partial charge in [0.1, 0.15) is 5.52 Å². The van der Waals surface area contributed by atoms with Crippen LogP contribution in [0, 0.1) is 0 Å². The zero-order chi connectivity index (χ0) is 14.1. The molecular formula is C17H12N2O2. The van der Waals surface area contributed by atoms with E-state index in [1.54, 1.807) is 6.08 Å². The van der Waals surface area contributed by atoms with Crippen LogP contribution in [-0.2, 0) is 0 Å². The Kier molecular flexibility index (Phi) is 2.71. The molecular weight excluding hydrogens is 264 g/mol. The van der Waals surface area contributed by atoms with Crippen LogP contribution < -0.4 is 10.1 Å². The van der Waals surface area contributed by atoms with Crippen LogP contribution in [0.25, 0.3) is 17.2 Å². The van der Waals surface area contributed by atoms with Crippen molar-refractivity contribution in [1.82, 2.24) is 4.98 Å². The molecule has 1 aliphatic rings. The second kappa shape index (κ2) is 4.83. The van der Waals surface area contributed by atoms with Crippen molar-refractivity contribution in [3.05, 3.63) is 72.5 Å². The summed E-state index contributed by atoms with van der Waals surface area (Å²) in [5.74, 6) is 2.09. The van der Waals surface area contributed by atoms with E-state index in [4.69, 9.17) is 9.15 Å². The first-order valence-corrected chi connectivity index (χ1v) is 6.66. The number of hydrogen-bond acceptors (Lipinski definition) is 4. The fourth-order valence-corrected chi connectivity index (χ4v) is 2.19. The van der Waals surface area contributed by atoms with Crippen LogP contribution in [0.2, 0.25) is 0 Å². The van der Waals surface area contributed by atoms with Crippen molar-refractivity contribution in [1.29, 1.82) is 0 Å². The Morgan fingerprint density at radius 1 is 1.00 bits per heavy atom. The highest BCUT2D eigenvalue weighted by Gasteiger charge is 2.13. The van der Waals surface area contributed by atoms with Gasteiger partial charge in [0, 0.05) is 6.08 Å². The highest BCUT2D eigenvalue weighted by Crippen LogP contribution is 2.32. The summed E-state index contributed by atoms with van der Waals surface area (Å²) in [4.78, 5) is 4.37. The van der Waals surface area contributed by atoms with Gasteiger partial charge in [0.2, 0.25) is 5.89 Å². The maximum absolute atomic E-state index is 5.65. The molecule has 2 aromatic carbocycles. The zero-order valence-corrected chi connectivity index (χ0v) is 11.1. The molecule has 4 nitrogen and oxygen atoms in total. The summed E-state index contributed by atoms with van der Waals surface area (Å²) in [6, 6.07) is 15.5. The fraction of sp³-hybridized carbons (Fsp3) is 0. The van der Waals surface area contributed by atoms with Crippen molar-refractivity contribution in [2.75, 3.05) is 5.32 Å². The van der Waals surface area contributed by atoms with Gasteiger partial charge in [-0.1, -0.05) is 30.3 Å². The van der Waals surface area contributed by atoms with E-state index in [0.29, 0.717) is 11.8 Å². The number of allylic oxidation sites excluding steroid dienone is 2. The van der Waals surface area contributed by atoms with Crippen molar-refractivity contribution in [3.63, 3.8) is 0 Å². The van der Waals surface area contributed by atoms with E-state index in [1.807, 2.05) is 60.7 Å². The molecule has 0 fully saturated rings. The monoisotopic (exact) mass is 276 g/mol. The van der Waals surface area contributed by atoms with Crippen LogP contribution in [0.1, 0.15) is 5.89 Å². The minimum Gasteiger partial charge on any atom is -0.439 e. The largest absolute Gasteiger partial charge is 0.439 e. The Morgan fingerprint density at radius 2 is 1.86 bits per heavy atom. The number of rotatable bonds is 2.